The average Bonchev–Trinajstić information content (AvgIpc) is 2.90. The van der Waals surface area contributed by atoms with E-state index >= 15 is 0 Å². The molecule has 0 aliphatic carbocycles. The Hall–Kier alpha value is 0.651. The van der Waals surface area contributed by atoms with Gasteiger partial charge in [-0.05, 0) is 68.7 Å². The predicted octanol–water partition coefficient (Wildman–Crippen LogP) is 6.50. The Bertz CT molecular complexity index is 1450. The van der Waals surface area contributed by atoms with Gasteiger partial charge in [-0.3, -0.25) is 0 Å². The van der Waals surface area contributed by atoms with Gasteiger partial charge in [-0.25, -0.2) is 19.9 Å². The molecule has 2 heterocycles. The van der Waals surface area contributed by atoms with Crippen molar-refractivity contribution in [2.24, 2.45) is 0 Å². The molecule has 0 bridgehead atoms. The average molecular weight is 761 g/mol. The number of rotatable bonds is 2. The molecule has 2 radical (unpaired) electrons. The molecule has 4 rings (SSSR count). The van der Waals surface area contributed by atoms with Crippen LogP contribution in [0.2, 0.25) is 10.3 Å². The predicted molar refractivity (Wildman–Crippen MR) is 213 cm³/mol. The Labute approximate surface area is 343 Å². The summed E-state index contributed by atoms with van der Waals surface area (Å²) < 4.78 is 0. The summed E-state index contributed by atoms with van der Waals surface area (Å²) in [5.74, 6) is 0. The van der Waals surface area contributed by atoms with Gasteiger partial charge in [0.15, 0.2) is 10.3 Å². The van der Waals surface area contributed by atoms with Gasteiger partial charge in [0.1, 0.15) is 0 Å². The minimum atomic E-state index is -0.750. The molecule has 0 aliphatic rings. The van der Waals surface area contributed by atoms with Gasteiger partial charge in [0.05, 0.1) is 38.1 Å². The second-order valence-corrected chi connectivity index (χ2v) is 24.5. The van der Waals surface area contributed by atoms with E-state index in [0.29, 0.717) is 5.16 Å². The van der Waals surface area contributed by atoms with E-state index in [-0.39, 0.29) is 87.8 Å². The summed E-state index contributed by atoms with van der Waals surface area (Å²) >= 11 is 11.4. The van der Waals surface area contributed by atoms with Crippen LogP contribution in [0.5, 0.6) is 0 Å². The zero-order valence-electron chi connectivity index (χ0n) is 31.5. The minimum Gasteiger partial charge on any atom is -0.850 e. The summed E-state index contributed by atoms with van der Waals surface area (Å²) in [5.41, 5.74) is 5.32. The molecule has 2 aromatic heterocycles. The van der Waals surface area contributed by atoms with E-state index in [0.717, 1.165) is 22.1 Å². The van der Waals surface area contributed by atoms with Crippen LogP contribution in [0.3, 0.4) is 0 Å². The van der Waals surface area contributed by atoms with Crippen LogP contribution in [-0.4, -0.2) is 68.6 Å². The van der Waals surface area contributed by atoms with Crippen LogP contribution in [0.15, 0.2) is 48.5 Å². The van der Waals surface area contributed by atoms with Crippen molar-refractivity contribution in [3.8, 4) is 0 Å². The number of para-hydroxylation sites is 4. The molecule has 12 heteroatoms. The second-order valence-electron chi connectivity index (χ2n) is 15.2. The van der Waals surface area contributed by atoms with E-state index in [1.54, 1.807) is 20.8 Å². The molecule has 47 heavy (non-hydrogen) atoms. The molecule has 2 aromatic carbocycles. The molecular formula is C35H54BCl2KN4OP3+. The Balaban J connectivity index is 0.000000707. The maximum Gasteiger partial charge on any atom is 1.00 e. The quantitative estimate of drug-likeness (QED) is 0.173. The summed E-state index contributed by atoms with van der Waals surface area (Å²) in [7, 11) is 4.43. The van der Waals surface area contributed by atoms with Crippen molar-refractivity contribution >= 4 is 87.3 Å². The largest absolute Gasteiger partial charge is 1.00 e. The van der Waals surface area contributed by atoms with Gasteiger partial charge in [0.25, 0.3) is 0 Å². The molecule has 3 atom stereocenters. The van der Waals surface area contributed by atoms with Gasteiger partial charge < -0.3 is 5.11 Å². The Kier molecular flexibility index (Phi) is 20.3. The molecule has 0 N–H and O–H groups in total. The third kappa shape index (κ3) is 17.6. The normalized spacial score (nSPS) is 13.8. The number of aromatic nitrogens is 4. The fourth-order valence-corrected chi connectivity index (χ4v) is 6.68. The van der Waals surface area contributed by atoms with E-state index in [1.165, 1.54) is 10.9 Å². The topological polar surface area (TPSA) is 74.6 Å². The monoisotopic (exact) mass is 759 g/mol. The third-order valence-electron chi connectivity index (χ3n) is 6.85. The number of fused-ring (bicyclic) bond motifs is 2. The minimum absolute atomic E-state index is 0. The zero-order valence-corrected chi connectivity index (χ0v) is 39.0. The summed E-state index contributed by atoms with van der Waals surface area (Å²) in [6, 6.07) is 15.7. The van der Waals surface area contributed by atoms with Gasteiger partial charge in [-0.1, -0.05) is 133 Å². The fraction of sp³-hybridized carbons (Fsp3) is 0.543. The first-order valence-electron chi connectivity index (χ1n) is 15.4. The van der Waals surface area contributed by atoms with Crippen molar-refractivity contribution in [3.05, 3.63) is 58.8 Å². The van der Waals surface area contributed by atoms with Crippen molar-refractivity contribution in [3.63, 3.8) is 0 Å². The zero-order chi connectivity index (χ0) is 35.8. The van der Waals surface area contributed by atoms with Crippen molar-refractivity contribution in [1.82, 2.24) is 19.9 Å². The number of halogens is 2. The first-order valence-corrected chi connectivity index (χ1v) is 21.8. The first kappa shape index (κ1) is 47.7. The van der Waals surface area contributed by atoms with Gasteiger partial charge in [0, 0.05) is 6.66 Å². The smallest absolute Gasteiger partial charge is 0.850 e. The van der Waals surface area contributed by atoms with Crippen molar-refractivity contribution in [1.29, 1.82) is 0 Å². The van der Waals surface area contributed by atoms with Gasteiger partial charge >= 0.3 is 59.0 Å². The van der Waals surface area contributed by atoms with E-state index in [9.17, 15) is 5.11 Å². The van der Waals surface area contributed by atoms with Gasteiger partial charge in [0.2, 0.25) is 0 Å². The molecule has 0 fully saturated rings. The van der Waals surface area contributed by atoms with Crippen molar-refractivity contribution < 1.29 is 56.5 Å². The van der Waals surface area contributed by atoms with E-state index in [2.05, 4.69) is 104 Å². The SMILES string of the molecule is CC(C)(C)[O-].C[P@@](c1nc2ccccc2nc1[P@](C)C(C)(C)C)C(C)(C)C.Clc1nc2ccccc2nc1Cl.[B][PH+](C)C(C)(C)C.[K+]. The molecule has 0 spiro atoms. The molecule has 0 saturated carbocycles. The Morgan fingerprint density at radius 1 is 0.596 bits per heavy atom. The van der Waals surface area contributed by atoms with Crippen molar-refractivity contribution in [2.45, 2.75) is 104 Å². The van der Waals surface area contributed by atoms with E-state index < -0.39 is 13.4 Å². The van der Waals surface area contributed by atoms with Crippen molar-refractivity contribution in [2.75, 3.05) is 20.0 Å². The van der Waals surface area contributed by atoms with Gasteiger partial charge in [-0.15, -0.1) is 5.60 Å². The molecule has 0 amide bonds. The van der Waals surface area contributed by atoms with Crippen LogP contribution >= 0.6 is 46.8 Å². The molecule has 5 nitrogen and oxygen atoms in total. The number of nitrogens with zero attached hydrogens (tertiary/aromatic N) is 4. The van der Waals surface area contributed by atoms with E-state index in [4.69, 9.17) is 40.7 Å². The van der Waals surface area contributed by atoms with Crippen LogP contribution in [0, 0.1) is 0 Å². The van der Waals surface area contributed by atoms with Crippen LogP contribution in [0.25, 0.3) is 22.1 Å². The number of hydrogen-bond acceptors (Lipinski definition) is 5. The Morgan fingerprint density at radius 2 is 0.809 bits per heavy atom. The number of hydrogen-bond donors (Lipinski definition) is 0. The summed E-state index contributed by atoms with van der Waals surface area (Å²) in [5, 5.41) is 11.5. The van der Waals surface area contributed by atoms with Crippen LogP contribution in [0.4, 0.5) is 0 Å². The maximum absolute atomic E-state index is 10.1. The molecule has 0 saturated heterocycles. The molecule has 4 aromatic rings. The second kappa shape index (κ2) is 20.0. The maximum atomic E-state index is 10.1. The number of benzene rings is 2. The van der Waals surface area contributed by atoms with Crippen LogP contribution in [-0.2, 0) is 0 Å². The third-order valence-corrected chi connectivity index (χ3v) is 15.9. The van der Waals surface area contributed by atoms with Gasteiger partial charge in [-0.2, -0.15) is 0 Å². The molecule has 0 aliphatic heterocycles. The molecule has 1 unspecified atom stereocenters. The molecule has 252 valence electrons. The van der Waals surface area contributed by atoms with Crippen LogP contribution < -0.4 is 67.4 Å². The van der Waals surface area contributed by atoms with Crippen LogP contribution in [0.1, 0.15) is 83.1 Å². The summed E-state index contributed by atoms with van der Waals surface area (Å²) in [4.78, 5) is 18.2. The fourth-order valence-electron chi connectivity index (χ4n) is 3.02. The Morgan fingerprint density at radius 3 is 1.00 bits per heavy atom. The summed E-state index contributed by atoms with van der Waals surface area (Å²) in [6.45, 7) is 32.2. The summed E-state index contributed by atoms with van der Waals surface area (Å²) in [6.07, 6.45) is 0. The standard InChI is InChI=1S/C18H28N2P2.C8H4Cl2N2.C5H13BP.C4H9O.K/c1-17(2,3)21(7)15-16(22(8)18(4,5)6)20-14-12-10-9-11-13(14)19-15;9-7-8(10)12-6-4-2-1-3-5(6)11-7;1-5(2,3)7(4)6;1-4(2,3)5;/h9-12H,1-8H3;1-4H;7H,1-4H3;1-3H3;/q;;+1;-1;+1/t21-,22-;;;;/m0..../s1. The first-order chi connectivity index (χ1) is 20.7. The van der Waals surface area contributed by atoms with E-state index in [1.807, 2.05) is 36.4 Å². The molecular weight excluding hydrogens is 706 g/mol.